The third-order valence-corrected chi connectivity index (χ3v) is 7.93. The molecule has 7 nitrogen and oxygen atoms in total. The number of benzene rings is 3. The molecule has 0 aliphatic carbocycles. The molecule has 3 aromatic carbocycles. The Kier molecular flexibility index (Phi) is 9.84. The number of likely N-dealkylation sites (N-methyl/N-ethyl adjacent to an activating group) is 1. The van der Waals surface area contributed by atoms with Crippen LogP contribution in [0.3, 0.4) is 0 Å². The lowest BCUT2D eigenvalue weighted by Crippen LogP contribution is -2.52. The molecular formula is C26H26Cl3N3O4S. The summed E-state index contributed by atoms with van der Waals surface area (Å²) in [5, 5.41) is 3.42. The molecular weight excluding hydrogens is 557 g/mol. The van der Waals surface area contributed by atoms with E-state index in [1.807, 2.05) is 30.3 Å². The molecule has 3 aromatic rings. The van der Waals surface area contributed by atoms with Crippen LogP contribution in [0, 0.1) is 0 Å². The first-order valence-electron chi connectivity index (χ1n) is 11.2. The van der Waals surface area contributed by atoms with Crippen LogP contribution in [0.25, 0.3) is 0 Å². The molecule has 3 rings (SSSR count). The first-order valence-corrected chi connectivity index (χ1v) is 14.2. The molecule has 0 aliphatic rings. The van der Waals surface area contributed by atoms with Gasteiger partial charge >= 0.3 is 0 Å². The minimum absolute atomic E-state index is 0.0115. The molecule has 0 radical (unpaired) electrons. The highest BCUT2D eigenvalue weighted by atomic mass is 35.5. The summed E-state index contributed by atoms with van der Waals surface area (Å²) in [5.74, 6) is -0.995. The number of nitrogens with zero attached hydrogens (tertiary/aromatic N) is 2. The molecule has 1 N–H and O–H groups in total. The van der Waals surface area contributed by atoms with E-state index in [0.717, 1.165) is 16.1 Å². The number of carbonyl (C=O) groups excluding carboxylic acids is 2. The number of anilines is 1. The Hall–Kier alpha value is -2.78. The molecule has 0 aliphatic heterocycles. The van der Waals surface area contributed by atoms with E-state index in [-0.39, 0.29) is 28.7 Å². The van der Waals surface area contributed by atoms with Gasteiger partial charge < -0.3 is 10.2 Å². The maximum absolute atomic E-state index is 13.8. The number of nitrogens with one attached hydrogen (secondary N) is 1. The van der Waals surface area contributed by atoms with Crippen LogP contribution in [0.1, 0.15) is 11.1 Å². The Labute approximate surface area is 232 Å². The monoisotopic (exact) mass is 581 g/mol. The van der Waals surface area contributed by atoms with E-state index < -0.39 is 34.4 Å². The van der Waals surface area contributed by atoms with E-state index in [0.29, 0.717) is 10.6 Å². The number of hydrogen-bond acceptors (Lipinski definition) is 4. The molecule has 0 saturated heterocycles. The van der Waals surface area contributed by atoms with Gasteiger partial charge in [0, 0.05) is 25.0 Å². The van der Waals surface area contributed by atoms with Crippen molar-refractivity contribution in [1.29, 1.82) is 0 Å². The maximum atomic E-state index is 13.8. The third-order valence-electron chi connectivity index (χ3n) is 5.69. The number of amides is 2. The maximum Gasteiger partial charge on any atom is 0.244 e. The minimum atomic E-state index is -3.91. The van der Waals surface area contributed by atoms with Crippen molar-refractivity contribution >= 4 is 62.3 Å². The molecule has 0 bridgehead atoms. The van der Waals surface area contributed by atoms with Crippen molar-refractivity contribution in [3.63, 3.8) is 0 Å². The van der Waals surface area contributed by atoms with Crippen molar-refractivity contribution in [2.45, 2.75) is 19.0 Å². The van der Waals surface area contributed by atoms with Crippen LogP contribution < -0.4 is 9.62 Å². The molecule has 0 saturated carbocycles. The van der Waals surface area contributed by atoms with Gasteiger partial charge in [0.1, 0.15) is 12.6 Å². The highest BCUT2D eigenvalue weighted by molar-refractivity contribution is 7.92. The van der Waals surface area contributed by atoms with E-state index in [4.69, 9.17) is 34.8 Å². The molecule has 0 spiro atoms. The van der Waals surface area contributed by atoms with Gasteiger partial charge in [-0.3, -0.25) is 13.9 Å². The zero-order valence-electron chi connectivity index (χ0n) is 20.2. The zero-order chi connectivity index (χ0) is 27.2. The summed E-state index contributed by atoms with van der Waals surface area (Å²) in [4.78, 5) is 28.3. The second-order valence-electron chi connectivity index (χ2n) is 8.30. The molecule has 1 atom stereocenters. The predicted molar refractivity (Wildman–Crippen MR) is 149 cm³/mol. The Balaban J connectivity index is 2.05. The standard InChI is InChI=1S/C26H26Cl3N3O4S/c1-30-26(34)24(14-18-8-4-3-5-9-18)31(16-19-10-6-7-11-21(19)27)25(33)17-32(37(2,35)36)20-12-13-22(28)23(29)15-20/h3-13,15,24H,14,16-17H2,1-2H3,(H,30,34). The molecule has 196 valence electrons. The topological polar surface area (TPSA) is 86.8 Å². The first kappa shape index (κ1) is 28.8. The summed E-state index contributed by atoms with van der Waals surface area (Å²) in [7, 11) is -2.43. The van der Waals surface area contributed by atoms with E-state index in [9.17, 15) is 18.0 Å². The molecule has 2 amide bonds. The lowest BCUT2D eigenvalue weighted by Gasteiger charge is -2.33. The molecule has 0 heterocycles. The van der Waals surface area contributed by atoms with Crippen molar-refractivity contribution in [2.24, 2.45) is 0 Å². The number of halogens is 3. The van der Waals surface area contributed by atoms with Crippen LogP contribution in [-0.4, -0.2) is 51.0 Å². The van der Waals surface area contributed by atoms with Gasteiger partial charge in [-0.05, 0) is 35.4 Å². The molecule has 1 unspecified atom stereocenters. The number of sulfonamides is 1. The van der Waals surface area contributed by atoms with Crippen LogP contribution in [-0.2, 0) is 32.6 Å². The highest BCUT2D eigenvalue weighted by Gasteiger charge is 2.33. The molecule has 0 fully saturated rings. The van der Waals surface area contributed by atoms with Gasteiger partial charge in [0.05, 0.1) is 22.0 Å². The fraction of sp³-hybridized carbons (Fsp3) is 0.231. The van der Waals surface area contributed by atoms with E-state index >= 15 is 0 Å². The van der Waals surface area contributed by atoms with E-state index in [1.54, 1.807) is 24.3 Å². The molecule has 11 heteroatoms. The van der Waals surface area contributed by atoms with Crippen molar-refractivity contribution in [3.05, 3.63) is 99.0 Å². The highest BCUT2D eigenvalue weighted by Crippen LogP contribution is 2.29. The second-order valence-corrected chi connectivity index (χ2v) is 11.4. The SMILES string of the molecule is CNC(=O)C(Cc1ccccc1)N(Cc1ccccc1Cl)C(=O)CN(c1ccc(Cl)c(Cl)c1)S(C)(=O)=O. The average molecular weight is 583 g/mol. The van der Waals surface area contributed by atoms with Crippen molar-refractivity contribution in [2.75, 3.05) is 24.2 Å². The summed E-state index contributed by atoms with van der Waals surface area (Å²) in [6.07, 6.45) is 1.20. The zero-order valence-corrected chi connectivity index (χ0v) is 23.3. The Morgan fingerprint density at radius 3 is 2.14 bits per heavy atom. The van der Waals surface area contributed by atoms with Gasteiger partial charge in [0.2, 0.25) is 21.8 Å². The lowest BCUT2D eigenvalue weighted by molar-refractivity contribution is -0.139. The van der Waals surface area contributed by atoms with Gasteiger partial charge in [0.25, 0.3) is 0 Å². The molecule has 37 heavy (non-hydrogen) atoms. The number of hydrogen-bond donors (Lipinski definition) is 1. The van der Waals surface area contributed by atoms with Crippen molar-refractivity contribution in [1.82, 2.24) is 10.2 Å². The predicted octanol–water partition coefficient (Wildman–Crippen LogP) is 4.80. The van der Waals surface area contributed by atoms with Crippen LogP contribution in [0.5, 0.6) is 0 Å². The normalized spacial score (nSPS) is 12.0. The average Bonchev–Trinajstić information content (AvgIpc) is 2.86. The summed E-state index contributed by atoms with van der Waals surface area (Å²) in [5.41, 5.74) is 1.61. The van der Waals surface area contributed by atoms with E-state index in [1.165, 1.54) is 30.1 Å². The molecule has 0 aromatic heterocycles. The quantitative estimate of drug-likeness (QED) is 0.372. The largest absolute Gasteiger partial charge is 0.357 e. The van der Waals surface area contributed by atoms with E-state index in [2.05, 4.69) is 5.32 Å². The summed E-state index contributed by atoms with van der Waals surface area (Å²) in [6, 6.07) is 19.5. The Morgan fingerprint density at radius 2 is 1.54 bits per heavy atom. The number of rotatable bonds is 10. The van der Waals surface area contributed by atoms with Crippen molar-refractivity contribution in [3.8, 4) is 0 Å². The fourth-order valence-corrected chi connectivity index (χ4v) is 5.11. The van der Waals surface area contributed by atoms with Gasteiger partial charge in [-0.2, -0.15) is 0 Å². The summed E-state index contributed by atoms with van der Waals surface area (Å²) < 4.78 is 26.4. The third kappa shape index (κ3) is 7.61. The Bertz CT molecular complexity index is 1370. The smallest absolute Gasteiger partial charge is 0.244 e. The minimum Gasteiger partial charge on any atom is -0.357 e. The van der Waals surface area contributed by atoms with Gasteiger partial charge in [-0.15, -0.1) is 0 Å². The fourth-order valence-electron chi connectivity index (χ4n) is 3.78. The Morgan fingerprint density at radius 1 is 0.892 bits per heavy atom. The second kappa shape index (κ2) is 12.6. The van der Waals surface area contributed by atoms with Gasteiger partial charge in [-0.25, -0.2) is 8.42 Å². The first-order chi connectivity index (χ1) is 17.5. The number of carbonyl (C=O) groups is 2. The lowest BCUT2D eigenvalue weighted by atomic mass is 10.0. The van der Waals surface area contributed by atoms with Gasteiger partial charge in [-0.1, -0.05) is 83.3 Å². The van der Waals surface area contributed by atoms with Crippen LogP contribution in [0.4, 0.5) is 5.69 Å². The van der Waals surface area contributed by atoms with Gasteiger partial charge in [0.15, 0.2) is 0 Å². The van der Waals surface area contributed by atoms with Crippen LogP contribution >= 0.6 is 34.8 Å². The summed E-state index contributed by atoms with van der Waals surface area (Å²) in [6.45, 7) is -0.577. The van der Waals surface area contributed by atoms with Crippen LogP contribution in [0.15, 0.2) is 72.8 Å². The van der Waals surface area contributed by atoms with Crippen LogP contribution in [0.2, 0.25) is 15.1 Å². The summed E-state index contributed by atoms with van der Waals surface area (Å²) >= 11 is 18.5. The van der Waals surface area contributed by atoms with Crippen molar-refractivity contribution < 1.29 is 18.0 Å².